The van der Waals surface area contributed by atoms with Crippen LogP contribution in [0.15, 0.2) is 24.3 Å². The maximum Gasteiger partial charge on any atom is 0.256 e. The highest BCUT2D eigenvalue weighted by Gasteiger charge is 2.31. The number of nitrogens with one attached hydrogen (secondary N) is 1. The first kappa shape index (κ1) is 17.8. The lowest BCUT2D eigenvalue weighted by Gasteiger charge is -2.31. The Bertz CT molecular complexity index is 613. The smallest absolute Gasteiger partial charge is 0.256 e. The molecule has 0 atom stereocenters. The second-order valence-electron chi connectivity index (χ2n) is 7.07. The Morgan fingerprint density at radius 3 is 2.48 bits per heavy atom. The van der Waals surface area contributed by atoms with E-state index in [1.54, 1.807) is 0 Å². The number of hydrogen-bond acceptors (Lipinski definition) is 3. The van der Waals surface area contributed by atoms with E-state index in [0.717, 1.165) is 56.6 Å². The fourth-order valence-corrected chi connectivity index (χ4v) is 3.51. The second-order valence-corrected chi connectivity index (χ2v) is 7.07. The van der Waals surface area contributed by atoms with Gasteiger partial charge in [0, 0.05) is 44.3 Å². The number of anilines is 1. The van der Waals surface area contributed by atoms with Gasteiger partial charge < -0.3 is 15.1 Å². The summed E-state index contributed by atoms with van der Waals surface area (Å²) in [7, 11) is 0. The van der Waals surface area contributed by atoms with E-state index >= 15 is 0 Å². The maximum absolute atomic E-state index is 13.0. The van der Waals surface area contributed by atoms with E-state index in [-0.39, 0.29) is 11.8 Å². The van der Waals surface area contributed by atoms with Crippen molar-refractivity contribution in [3.05, 3.63) is 29.8 Å². The van der Waals surface area contributed by atoms with Crippen LogP contribution in [0.1, 0.15) is 49.4 Å². The molecule has 5 heteroatoms. The molecule has 2 fully saturated rings. The molecule has 1 N–H and O–H groups in total. The minimum Gasteiger partial charge on any atom is -0.384 e. The van der Waals surface area contributed by atoms with Gasteiger partial charge >= 0.3 is 0 Å². The summed E-state index contributed by atoms with van der Waals surface area (Å²) in [5.74, 6) is 0.601. The van der Waals surface area contributed by atoms with Gasteiger partial charge in [-0.25, -0.2) is 0 Å². The Morgan fingerprint density at radius 1 is 1.04 bits per heavy atom. The molecule has 1 aliphatic carbocycles. The van der Waals surface area contributed by atoms with Gasteiger partial charge in [-0.15, -0.1) is 0 Å². The number of benzene rings is 1. The topological polar surface area (TPSA) is 52.7 Å². The highest BCUT2D eigenvalue weighted by molar-refractivity contribution is 5.99. The molecule has 3 rings (SSSR count). The number of nitrogens with zero attached hydrogens (tertiary/aromatic N) is 2. The molecule has 0 aromatic heterocycles. The lowest BCUT2D eigenvalue weighted by Crippen LogP contribution is -2.41. The van der Waals surface area contributed by atoms with Crippen LogP contribution in [-0.2, 0) is 4.79 Å². The monoisotopic (exact) mass is 343 g/mol. The number of amides is 2. The Labute approximate surface area is 150 Å². The fourth-order valence-electron chi connectivity index (χ4n) is 3.51. The van der Waals surface area contributed by atoms with E-state index in [0.29, 0.717) is 19.0 Å². The van der Waals surface area contributed by atoms with Crippen LogP contribution >= 0.6 is 0 Å². The number of carbonyl (C=O) groups is 2. The largest absolute Gasteiger partial charge is 0.384 e. The van der Waals surface area contributed by atoms with Crippen molar-refractivity contribution in [3.63, 3.8) is 0 Å². The molecule has 1 saturated carbocycles. The normalized spacial score (nSPS) is 18.4. The molecule has 136 valence electrons. The Morgan fingerprint density at radius 2 is 1.76 bits per heavy atom. The first-order chi connectivity index (χ1) is 12.2. The molecule has 2 aliphatic rings. The van der Waals surface area contributed by atoms with Gasteiger partial charge in [-0.2, -0.15) is 0 Å². The molecule has 0 bridgehead atoms. The van der Waals surface area contributed by atoms with Crippen LogP contribution in [0.3, 0.4) is 0 Å². The van der Waals surface area contributed by atoms with E-state index in [1.165, 1.54) is 6.42 Å². The van der Waals surface area contributed by atoms with Gasteiger partial charge in [0.05, 0.1) is 5.56 Å². The standard InChI is InChI=1S/C20H29N3O2/c1-2-11-21-18-10-4-3-9-17(18)20(25)23-13-6-12-22(14-15-23)19(24)16-7-5-8-16/h3-4,9-10,16,21H,2,5-8,11-15H2,1H3. The third kappa shape index (κ3) is 4.14. The Balaban J connectivity index is 1.64. The molecule has 0 radical (unpaired) electrons. The van der Waals surface area contributed by atoms with E-state index < -0.39 is 0 Å². The van der Waals surface area contributed by atoms with Crippen molar-refractivity contribution in [3.8, 4) is 0 Å². The molecule has 1 aromatic rings. The second kappa shape index (κ2) is 8.37. The average molecular weight is 343 g/mol. The van der Waals surface area contributed by atoms with Crippen LogP contribution in [0, 0.1) is 5.92 Å². The van der Waals surface area contributed by atoms with Crippen molar-refractivity contribution in [1.29, 1.82) is 0 Å². The number of para-hydroxylation sites is 1. The number of hydrogen-bond donors (Lipinski definition) is 1. The molecule has 5 nitrogen and oxygen atoms in total. The zero-order chi connectivity index (χ0) is 17.6. The summed E-state index contributed by atoms with van der Waals surface area (Å²) in [5, 5.41) is 3.34. The van der Waals surface area contributed by atoms with Crippen LogP contribution in [0.25, 0.3) is 0 Å². The van der Waals surface area contributed by atoms with Crippen molar-refractivity contribution in [2.24, 2.45) is 5.92 Å². The first-order valence-electron chi connectivity index (χ1n) is 9.61. The SMILES string of the molecule is CCCNc1ccccc1C(=O)N1CCCN(C(=O)C2CCC2)CC1. The van der Waals surface area contributed by atoms with E-state index in [1.807, 2.05) is 34.1 Å². The summed E-state index contributed by atoms with van der Waals surface area (Å²) >= 11 is 0. The summed E-state index contributed by atoms with van der Waals surface area (Å²) in [4.78, 5) is 29.3. The van der Waals surface area contributed by atoms with Gasteiger partial charge in [0.1, 0.15) is 0 Å². The van der Waals surface area contributed by atoms with Crippen LogP contribution in [0.5, 0.6) is 0 Å². The van der Waals surface area contributed by atoms with Crippen LogP contribution < -0.4 is 5.32 Å². The van der Waals surface area contributed by atoms with Crippen LogP contribution in [0.2, 0.25) is 0 Å². The highest BCUT2D eigenvalue weighted by Crippen LogP contribution is 2.28. The minimum absolute atomic E-state index is 0.0668. The van der Waals surface area contributed by atoms with Gasteiger partial charge in [0.15, 0.2) is 0 Å². The predicted molar refractivity (Wildman–Crippen MR) is 99.7 cm³/mol. The summed E-state index contributed by atoms with van der Waals surface area (Å²) in [6.07, 6.45) is 5.12. The molecule has 2 amide bonds. The van der Waals surface area contributed by atoms with Crippen LogP contribution in [-0.4, -0.2) is 54.3 Å². The van der Waals surface area contributed by atoms with Gasteiger partial charge in [-0.3, -0.25) is 9.59 Å². The molecular formula is C20H29N3O2. The van der Waals surface area contributed by atoms with Crippen molar-refractivity contribution >= 4 is 17.5 Å². The van der Waals surface area contributed by atoms with E-state index in [4.69, 9.17) is 0 Å². The van der Waals surface area contributed by atoms with Crippen LogP contribution in [0.4, 0.5) is 5.69 Å². The van der Waals surface area contributed by atoms with Crippen molar-refractivity contribution in [2.75, 3.05) is 38.0 Å². The minimum atomic E-state index is 0.0668. The lowest BCUT2D eigenvalue weighted by atomic mass is 9.84. The molecule has 1 aliphatic heterocycles. The van der Waals surface area contributed by atoms with Crippen molar-refractivity contribution < 1.29 is 9.59 Å². The molecule has 25 heavy (non-hydrogen) atoms. The third-order valence-electron chi connectivity index (χ3n) is 5.27. The molecular weight excluding hydrogens is 314 g/mol. The summed E-state index contributed by atoms with van der Waals surface area (Å²) < 4.78 is 0. The average Bonchev–Trinajstić information content (AvgIpc) is 2.84. The maximum atomic E-state index is 13.0. The molecule has 1 saturated heterocycles. The predicted octanol–water partition coefficient (Wildman–Crippen LogP) is 2.98. The molecule has 0 spiro atoms. The lowest BCUT2D eigenvalue weighted by molar-refractivity contribution is -0.138. The fraction of sp³-hybridized carbons (Fsp3) is 0.600. The quantitative estimate of drug-likeness (QED) is 0.894. The molecule has 1 aromatic carbocycles. The summed E-state index contributed by atoms with van der Waals surface area (Å²) in [6, 6.07) is 7.72. The van der Waals surface area contributed by atoms with Gasteiger partial charge in [0.25, 0.3) is 5.91 Å². The van der Waals surface area contributed by atoms with Crippen molar-refractivity contribution in [2.45, 2.75) is 39.0 Å². The number of carbonyl (C=O) groups excluding carboxylic acids is 2. The Kier molecular flexibility index (Phi) is 5.95. The number of rotatable bonds is 5. The van der Waals surface area contributed by atoms with Crippen molar-refractivity contribution in [1.82, 2.24) is 9.80 Å². The highest BCUT2D eigenvalue weighted by atomic mass is 16.2. The first-order valence-corrected chi connectivity index (χ1v) is 9.61. The molecule has 0 unspecified atom stereocenters. The third-order valence-corrected chi connectivity index (χ3v) is 5.27. The zero-order valence-electron chi connectivity index (χ0n) is 15.2. The van der Waals surface area contributed by atoms with Gasteiger partial charge in [-0.05, 0) is 37.8 Å². The van der Waals surface area contributed by atoms with Gasteiger partial charge in [0.2, 0.25) is 5.91 Å². The van der Waals surface area contributed by atoms with Gasteiger partial charge in [-0.1, -0.05) is 25.5 Å². The molecule has 1 heterocycles. The Hall–Kier alpha value is -2.04. The zero-order valence-corrected chi connectivity index (χ0v) is 15.2. The van der Waals surface area contributed by atoms with E-state index in [9.17, 15) is 9.59 Å². The summed E-state index contributed by atoms with van der Waals surface area (Å²) in [6.45, 7) is 5.74. The van der Waals surface area contributed by atoms with E-state index in [2.05, 4.69) is 12.2 Å². The summed E-state index contributed by atoms with van der Waals surface area (Å²) in [5.41, 5.74) is 1.63.